The summed E-state index contributed by atoms with van der Waals surface area (Å²) in [5.74, 6) is 2.53. The van der Waals surface area contributed by atoms with Gasteiger partial charge in [0.25, 0.3) is 0 Å². The zero-order valence-electron chi connectivity index (χ0n) is 12.7. The second-order valence-electron chi connectivity index (χ2n) is 5.81. The minimum atomic E-state index is 0.644. The van der Waals surface area contributed by atoms with Crippen LogP contribution in [0.4, 0.5) is 5.82 Å². The number of aromatic nitrogens is 2. The van der Waals surface area contributed by atoms with Gasteiger partial charge in [0.1, 0.15) is 11.6 Å². The quantitative estimate of drug-likeness (QED) is 0.791. The van der Waals surface area contributed by atoms with Crippen molar-refractivity contribution in [3.05, 3.63) is 50.0 Å². The largest absolute Gasteiger partial charge is 0.372 e. The molecular weight excluding hydrogens is 373 g/mol. The van der Waals surface area contributed by atoms with E-state index in [1.54, 1.807) is 0 Å². The molecule has 0 aliphatic heterocycles. The fourth-order valence-electron chi connectivity index (χ4n) is 2.48. The Morgan fingerprint density at radius 2 is 1.95 bits per heavy atom. The van der Waals surface area contributed by atoms with E-state index >= 15 is 0 Å². The molecule has 21 heavy (non-hydrogen) atoms. The molecule has 0 saturated heterocycles. The number of nitrogens with zero attached hydrogens (tertiary/aromatic N) is 2. The van der Waals surface area contributed by atoms with E-state index in [0.29, 0.717) is 5.92 Å². The summed E-state index contributed by atoms with van der Waals surface area (Å²) in [4.78, 5) is 9.51. The van der Waals surface area contributed by atoms with Gasteiger partial charge in [0.2, 0.25) is 0 Å². The Bertz CT molecular complexity index is 678. The Hall–Kier alpha value is -1.17. The maximum atomic E-state index is 4.83. The number of aryl methyl sites for hydroxylation is 2. The van der Waals surface area contributed by atoms with Crippen LogP contribution in [0.25, 0.3) is 0 Å². The van der Waals surface area contributed by atoms with Crippen LogP contribution in [0.1, 0.15) is 47.0 Å². The molecule has 1 saturated carbocycles. The van der Waals surface area contributed by atoms with Crippen molar-refractivity contribution in [3.63, 3.8) is 0 Å². The normalized spacial score (nSPS) is 14.3. The molecule has 3 nitrogen and oxygen atoms in total. The standard InChI is InChI=1S/C17H20IN3/c1-10-4-5-12(8-11(10)2)9-14-20-16(13-6-7-13)15(18)17(19-3)21-14/h4-5,8,13H,6-7,9H2,1-3H3,(H,19,20,21). The lowest BCUT2D eigenvalue weighted by molar-refractivity contribution is 0.890. The van der Waals surface area contributed by atoms with Crippen molar-refractivity contribution in [2.24, 2.45) is 0 Å². The maximum Gasteiger partial charge on any atom is 0.143 e. The molecule has 1 aromatic heterocycles. The number of halogens is 1. The van der Waals surface area contributed by atoms with E-state index in [2.05, 4.69) is 64.9 Å². The highest BCUT2D eigenvalue weighted by Crippen LogP contribution is 2.42. The summed E-state index contributed by atoms with van der Waals surface area (Å²) < 4.78 is 1.18. The van der Waals surface area contributed by atoms with Crippen LogP contribution in [0, 0.1) is 17.4 Å². The Kier molecular flexibility index (Phi) is 4.15. The van der Waals surface area contributed by atoms with Crippen LogP contribution in [-0.2, 0) is 6.42 Å². The van der Waals surface area contributed by atoms with Crippen LogP contribution in [0.3, 0.4) is 0 Å². The Labute approximate surface area is 139 Å². The van der Waals surface area contributed by atoms with Gasteiger partial charge in [-0.25, -0.2) is 9.97 Å². The molecule has 1 aromatic carbocycles. The van der Waals surface area contributed by atoms with E-state index < -0.39 is 0 Å². The molecule has 1 heterocycles. The fraction of sp³-hybridized carbons (Fsp3) is 0.412. The van der Waals surface area contributed by atoms with Gasteiger partial charge in [-0.1, -0.05) is 18.2 Å². The van der Waals surface area contributed by atoms with Crippen molar-refractivity contribution in [3.8, 4) is 0 Å². The molecule has 110 valence electrons. The predicted octanol–water partition coefficient (Wildman–Crippen LogP) is 4.21. The van der Waals surface area contributed by atoms with E-state index in [1.807, 2.05) is 7.05 Å². The van der Waals surface area contributed by atoms with Gasteiger partial charge in [0, 0.05) is 19.4 Å². The zero-order chi connectivity index (χ0) is 15.0. The van der Waals surface area contributed by atoms with E-state index in [9.17, 15) is 0 Å². The molecule has 0 bridgehead atoms. The molecule has 0 atom stereocenters. The summed E-state index contributed by atoms with van der Waals surface area (Å²) in [6.07, 6.45) is 3.32. The predicted molar refractivity (Wildman–Crippen MR) is 95.0 cm³/mol. The molecule has 0 radical (unpaired) electrons. The third kappa shape index (κ3) is 3.20. The highest BCUT2D eigenvalue weighted by molar-refractivity contribution is 14.1. The van der Waals surface area contributed by atoms with Gasteiger partial charge in [0.15, 0.2) is 0 Å². The fourth-order valence-corrected chi connectivity index (χ4v) is 3.43. The first kappa shape index (κ1) is 14.8. The monoisotopic (exact) mass is 393 g/mol. The van der Waals surface area contributed by atoms with Crippen molar-refractivity contribution in [1.29, 1.82) is 0 Å². The minimum Gasteiger partial charge on any atom is -0.372 e. The lowest BCUT2D eigenvalue weighted by atomic mass is 10.0. The first-order valence-corrected chi connectivity index (χ1v) is 8.46. The highest BCUT2D eigenvalue weighted by Gasteiger charge is 2.29. The van der Waals surface area contributed by atoms with E-state index in [-0.39, 0.29) is 0 Å². The van der Waals surface area contributed by atoms with Gasteiger partial charge in [0.05, 0.1) is 9.26 Å². The second-order valence-corrected chi connectivity index (χ2v) is 6.89. The number of benzene rings is 1. The first-order chi connectivity index (χ1) is 10.1. The first-order valence-electron chi connectivity index (χ1n) is 7.38. The number of anilines is 1. The lowest BCUT2D eigenvalue weighted by Gasteiger charge is -2.11. The number of hydrogen-bond donors (Lipinski definition) is 1. The number of hydrogen-bond acceptors (Lipinski definition) is 3. The smallest absolute Gasteiger partial charge is 0.143 e. The molecule has 1 aliphatic carbocycles. The molecule has 0 amide bonds. The van der Waals surface area contributed by atoms with Crippen molar-refractivity contribution in [2.75, 3.05) is 12.4 Å². The number of rotatable bonds is 4. The van der Waals surface area contributed by atoms with Gasteiger partial charge >= 0.3 is 0 Å². The number of nitrogens with one attached hydrogen (secondary N) is 1. The maximum absolute atomic E-state index is 4.83. The Balaban J connectivity index is 1.94. The second kappa shape index (κ2) is 5.91. The summed E-state index contributed by atoms with van der Waals surface area (Å²) in [5.41, 5.74) is 5.17. The van der Waals surface area contributed by atoms with Crippen LogP contribution >= 0.6 is 22.6 Å². The van der Waals surface area contributed by atoms with E-state index in [1.165, 1.54) is 38.8 Å². The molecular formula is C17H20IN3. The van der Waals surface area contributed by atoms with Crippen LogP contribution in [0.15, 0.2) is 18.2 Å². The van der Waals surface area contributed by atoms with Crippen LogP contribution in [0.5, 0.6) is 0 Å². The van der Waals surface area contributed by atoms with Gasteiger partial charge in [-0.2, -0.15) is 0 Å². The summed E-state index contributed by atoms with van der Waals surface area (Å²) in [5, 5.41) is 3.21. The van der Waals surface area contributed by atoms with E-state index in [4.69, 9.17) is 4.98 Å². The molecule has 1 aliphatic rings. The van der Waals surface area contributed by atoms with Crippen LogP contribution < -0.4 is 5.32 Å². The topological polar surface area (TPSA) is 37.8 Å². The third-order valence-corrected chi connectivity index (χ3v) is 5.12. The van der Waals surface area contributed by atoms with Crippen molar-refractivity contribution >= 4 is 28.4 Å². The van der Waals surface area contributed by atoms with Gasteiger partial charge in [-0.3, -0.25) is 0 Å². The molecule has 1 fully saturated rings. The van der Waals surface area contributed by atoms with Crippen molar-refractivity contribution in [2.45, 2.75) is 39.0 Å². The summed E-state index contributed by atoms with van der Waals surface area (Å²) in [6, 6.07) is 6.60. The molecule has 4 heteroatoms. The molecule has 0 spiro atoms. The minimum absolute atomic E-state index is 0.644. The average molecular weight is 393 g/mol. The van der Waals surface area contributed by atoms with Crippen LogP contribution in [0.2, 0.25) is 0 Å². The van der Waals surface area contributed by atoms with Gasteiger partial charge < -0.3 is 5.32 Å². The summed E-state index contributed by atoms with van der Waals surface area (Å²) in [6.45, 7) is 4.30. The molecule has 1 N–H and O–H groups in total. The zero-order valence-corrected chi connectivity index (χ0v) is 14.9. The van der Waals surface area contributed by atoms with Crippen molar-refractivity contribution in [1.82, 2.24) is 9.97 Å². The lowest BCUT2D eigenvalue weighted by Crippen LogP contribution is -2.07. The molecule has 3 rings (SSSR count). The summed E-state index contributed by atoms with van der Waals surface area (Å²) >= 11 is 2.37. The van der Waals surface area contributed by atoms with Gasteiger partial charge in [-0.05, 0) is 66.0 Å². The Morgan fingerprint density at radius 1 is 1.19 bits per heavy atom. The molecule has 0 unspecified atom stereocenters. The van der Waals surface area contributed by atoms with Crippen LogP contribution in [-0.4, -0.2) is 17.0 Å². The SMILES string of the molecule is CNc1nc(Cc2ccc(C)c(C)c2)nc(C2CC2)c1I. The molecule has 2 aromatic rings. The van der Waals surface area contributed by atoms with Crippen molar-refractivity contribution < 1.29 is 0 Å². The Morgan fingerprint density at radius 3 is 2.57 bits per heavy atom. The third-order valence-electron chi connectivity index (χ3n) is 4.06. The summed E-state index contributed by atoms with van der Waals surface area (Å²) in [7, 11) is 1.93. The highest BCUT2D eigenvalue weighted by atomic mass is 127. The average Bonchev–Trinajstić information content (AvgIpc) is 3.29. The van der Waals surface area contributed by atoms with Gasteiger partial charge in [-0.15, -0.1) is 0 Å². The van der Waals surface area contributed by atoms with E-state index in [0.717, 1.165) is 18.1 Å².